The summed E-state index contributed by atoms with van der Waals surface area (Å²) in [6.07, 6.45) is 14.1. The summed E-state index contributed by atoms with van der Waals surface area (Å²) in [7, 11) is 0. The molecule has 0 bridgehead atoms. The lowest BCUT2D eigenvalue weighted by molar-refractivity contribution is -0.137. The fourth-order valence-corrected chi connectivity index (χ4v) is 8.07. The van der Waals surface area contributed by atoms with Gasteiger partial charge in [0.1, 0.15) is 6.04 Å². The highest BCUT2D eigenvalue weighted by Crippen LogP contribution is 2.35. The Kier molecular flexibility index (Phi) is 10.4. The number of rotatable bonds is 10. The molecule has 266 valence electrons. The third-order valence-corrected chi connectivity index (χ3v) is 10.9. The van der Waals surface area contributed by atoms with Crippen molar-refractivity contribution in [2.45, 2.75) is 95.3 Å². The van der Waals surface area contributed by atoms with Crippen molar-refractivity contribution in [2.24, 2.45) is 16.6 Å². The Morgan fingerprint density at radius 1 is 1.02 bits per heavy atom. The van der Waals surface area contributed by atoms with E-state index in [9.17, 15) is 19.2 Å². The number of benzene rings is 2. The van der Waals surface area contributed by atoms with Crippen LogP contribution in [0.5, 0.6) is 0 Å². The van der Waals surface area contributed by atoms with Crippen molar-refractivity contribution in [3.8, 4) is 0 Å². The van der Waals surface area contributed by atoms with Gasteiger partial charge in [0.15, 0.2) is 0 Å². The van der Waals surface area contributed by atoms with Gasteiger partial charge in [0, 0.05) is 73.3 Å². The largest absolute Gasteiger partial charge is 0.404 e. The second-order valence-electron chi connectivity index (χ2n) is 14.3. The monoisotopic (exact) mass is 690 g/mol. The van der Waals surface area contributed by atoms with Crippen LogP contribution in [0.15, 0.2) is 59.9 Å². The van der Waals surface area contributed by atoms with E-state index in [1.807, 2.05) is 47.4 Å². The number of allylic oxidation sites excluding steroid dienone is 1. The predicted molar refractivity (Wildman–Crippen MR) is 196 cm³/mol. The molecule has 51 heavy (non-hydrogen) atoms. The van der Waals surface area contributed by atoms with Crippen LogP contribution in [0, 0.1) is 5.92 Å². The first-order valence-electron chi connectivity index (χ1n) is 18.3. The van der Waals surface area contributed by atoms with Gasteiger partial charge in [-0.15, -0.1) is 0 Å². The van der Waals surface area contributed by atoms with Crippen molar-refractivity contribution in [3.63, 3.8) is 0 Å². The summed E-state index contributed by atoms with van der Waals surface area (Å²) in [6.45, 7) is 1.77. The van der Waals surface area contributed by atoms with E-state index in [1.54, 1.807) is 17.3 Å². The van der Waals surface area contributed by atoms with Crippen LogP contribution in [0.3, 0.4) is 0 Å². The maximum absolute atomic E-state index is 13.3. The highest BCUT2D eigenvalue weighted by molar-refractivity contribution is 6.09. The SMILES string of the molecule is NC=C(C=NC1CCN(C(=O)CCCC2CCCC(Nc3cccc4c3CN(C3CCC(=O)NC3=O)C4=O)C2)CC1)c1cnc2ccccc2n1. The highest BCUT2D eigenvalue weighted by atomic mass is 16.2. The fraction of sp³-hybridized carbons (Fsp3) is 0.462. The van der Waals surface area contributed by atoms with E-state index in [0.29, 0.717) is 49.7 Å². The molecular weight excluding hydrogens is 644 g/mol. The normalized spacial score (nSPS) is 23.2. The van der Waals surface area contributed by atoms with Gasteiger partial charge in [-0.1, -0.05) is 31.0 Å². The Bertz CT molecular complexity index is 1870. The number of amides is 4. The Balaban J connectivity index is 0.849. The zero-order valence-electron chi connectivity index (χ0n) is 28.9. The number of aromatic nitrogens is 2. The molecule has 2 aromatic carbocycles. The van der Waals surface area contributed by atoms with E-state index in [-0.39, 0.29) is 36.2 Å². The maximum Gasteiger partial charge on any atom is 0.255 e. The summed E-state index contributed by atoms with van der Waals surface area (Å²) in [5.74, 6) is -0.0728. The van der Waals surface area contributed by atoms with E-state index in [0.717, 1.165) is 79.2 Å². The van der Waals surface area contributed by atoms with Crippen LogP contribution < -0.4 is 16.4 Å². The van der Waals surface area contributed by atoms with Gasteiger partial charge in [-0.05, 0) is 75.1 Å². The summed E-state index contributed by atoms with van der Waals surface area (Å²) >= 11 is 0. The van der Waals surface area contributed by atoms with Crippen LogP contribution in [-0.4, -0.2) is 80.8 Å². The lowest BCUT2D eigenvalue weighted by Gasteiger charge is -2.32. The summed E-state index contributed by atoms with van der Waals surface area (Å²) in [5, 5.41) is 6.10. The van der Waals surface area contributed by atoms with Gasteiger partial charge in [-0.25, -0.2) is 4.98 Å². The third kappa shape index (κ3) is 7.79. The lowest BCUT2D eigenvalue weighted by atomic mass is 9.82. The van der Waals surface area contributed by atoms with E-state index < -0.39 is 11.9 Å². The molecule has 12 nitrogen and oxygen atoms in total. The number of carbonyl (C=O) groups is 4. The number of imide groups is 1. The quantitative estimate of drug-likeness (QED) is 0.206. The number of carbonyl (C=O) groups excluding carboxylic acids is 4. The Morgan fingerprint density at radius 2 is 1.84 bits per heavy atom. The van der Waals surface area contributed by atoms with Crippen molar-refractivity contribution in [2.75, 3.05) is 18.4 Å². The van der Waals surface area contributed by atoms with Crippen LogP contribution in [0.4, 0.5) is 5.69 Å². The molecule has 1 aromatic heterocycles. The van der Waals surface area contributed by atoms with Crippen LogP contribution in [-0.2, 0) is 20.9 Å². The summed E-state index contributed by atoms with van der Waals surface area (Å²) in [4.78, 5) is 68.1. The minimum atomic E-state index is -0.624. The van der Waals surface area contributed by atoms with E-state index >= 15 is 0 Å². The number of fused-ring (bicyclic) bond motifs is 2. The Hall–Kier alpha value is -5.13. The summed E-state index contributed by atoms with van der Waals surface area (Å²) in [6, 6.07) is 13.3. The minimum Gasteiger partial charge on any atom is -0.404 e. The average molecular weight is 691 g/mol. The molecule has 3 aliphatic heterocycles. The van der Waals surface area contributed by atoms with Gasteiger partial charge < -0.3 is 20.9 Å². The van der Waals surface area contributed by atoms with Crippen molar-refractivity contribution in [1.29, 1.82) is 0 Å². The molecule has 3 fully saturated rings. The van der Waals surface area contributed by atoms with E-state index in [1.165, 1.54) is 6.20 Å². The summed E-state index contributed by atoms with van der Waals surface area (Å²) in [5.41, 5.74) is 11.5. The first-order valence-corrected chi connectivity index (χ1v) is 18.3. The number of aliphatic imine (C=N–C) groups is 1. The molecule has 0 spiro atoms. The Labute approximate surface area is 298 Å². The van der Waals surface area contributed by atoms with Gasteiger partial charge in [0.05, 0.1) is 29.0 Å². The average Bonchev–Trinajstić information content (AvgIpc) is 3.48. The Morgan fingerprint density at radius 3 is 2.65 bits per heavy atom. The molecule has 1 saturated carbocycles. The number of nitrogens with two attached hydrogens (primary N) is 1. The zero-order chi connectivity index (χ0) is 35.3. The lowest BCUT2D eigenvalue weighted by Crippen LogP contribution is -2.52. The number of hydrogen-bond donors (Lipinski definition) is 3. The molecule has 2 saturated heterocycles. The van der Waals surface area contributed by atoms with E-state index in [2.05, 4.69) is 20.6 Å². The highest BCUT2D eigenvalue weighted by Gasteiger charge is 2.40. The molecule has 4 N–H and O–H groups in total. The smallest absolute Gasteiger partial charge is 0.255 e. The van der Waals surface area contributed by atoms with Crippen molar-refractivity contribution in [1.82, 2.24) is 25.1 Å². The van der Waals surface area contributed by atoms with Crippen LogP contribution in [0.2, 0.25) is 0 Å². The van der Waals surface area contributed by atoms with Crippen molar-refractivity contribution >= 4 is 52.1 Å². The van der Waals surface area contributed by atoms with Crippen LogP contribution in [0.25, 0.3) is 16.6 Å². The second kappa shape index (κ2) is 15.4. The molecule has 3 atom stereocenters. The van der Waals surface area contributed by atoms with Crippen molar-refractivity contribution < 1.29 is 19.2 Å². The van der Waals surface area contributed by atoms with Gasteiger partial charge in [0.25, 0.3) is 5.91 Å². The summed E-state index contributed by atoms with van der Waals surface area (Å²) < 4.78 is 0. The molecule has 4 aliphatic rings. The number of nitrogens with zero attached hydrogens (tertiary/aromatic N) is 5. The second-order valence-corrected chi connectivity index (χ2v) is 14.3. The first-order chi connectivity index (χ1) is 24.9. The van der Waals surface area contributed by atoms with Gasteiger partial charge in [-0.3, -0.25) is 34.5 Å². The molecule has 4 amide bonds. The number of para-hydroxylation sites is 2. The molecule has 7 rings (SSSR count). The number of nitrogens with one attached hydrogen (secondary N) is 2. The van der Waals surface area contributed by atoms with Crippen molar-refractivity contribution in [3.05, 3.63) is 71.7 Å². The molecule has 12 heteroatoms. The molecule has 0 radical (unpaired) electrons. The minimum absolute atomic E-state index is 0.133. The number of anilines is 1. The van der Waals surface area contributed by atoms with Crippen LogP contribution in [0.1, 0.15) is 92.2 Å². The number of likely N-dealkylation sites (tertiary alicyclic amines) is 1. The molecule has 1 aliphatic carbocycles. The number of piperidine rings is 2. The third-order valence-electron chi connectivity index (χ3n) is 10.9. The van der Waals surface area contributed by atoms with Gasteiger partial charge >= 0.3 is 0 Å². The fourth-order valence-electron chi connectivity index (χ4n) is 8.07. The molecule has 3 aromatic rings. The van der Waals surface area contributed by atoms with Gasteiger partial charge in [0.2, 0.25) is 17.7 Å². The maximum atomic E-state index is 13.3. The number of hydrogen-bond acceptors (Lipinski definition) is 9. The molecule has 4 heterocycles. The topological polar surface area (TPSA) is 163 Å². The molecular formula is C39H46N8O4. The zero-order valence-corrected chi connectivity index (χ0v) is 28.9. The van der Waals surface area contributed by atoms with E-state index in [4.69, 9.17) is 10.7 Å². The van der Waals surface area contributed by atoms with Gasteiger partial charge in [-0.2, -0.15) is 0 Å². The predicted octanol–water partition coefficient (Wildman–Crippen LogP) is 4.59. The standard InChI is InChI=1S/C39H46N8O4/c40-21-26(34-23-42-32-10-1-2-11-33(32)44-34)22-41-27-16-18-46(19-17-27)37(49)13-4-7-25-6-3-8-28(20-25)43-31-12-5-9-29-30(31)24-47(39(29)51)35-14-15-36(48)45-38(35)50/h1-2,5,9-12,21-23,25,27-28,35,43H,3-4,6-8,13-20,24,40H2,(H,45,48,50). The molecule has 3 unspecified atom stereocenters. The first kappa shape index (κ1) is 34.3. The van der Waals surface area contributed by atoms with Crippen LogP contribution >= 0.6 is 0 Å².